The van der Waals surface area contributed by atoms with Crippen molar-refractivity contribution in [3.63, 3.8) is 0 Å². The molecular weight excluding hydrogens is 264 g/mol. The Balaban J connectivity index is 1.56. The maximum atomic E-state index is 11.0. The molecule has 0 heterocycles. The van der Waals surface area contributed by atoms with Crippen molar-refractivity contribution in [3.8, 4) is 0 Å². The quantitative estimate of drug-likeness (QED) is 0.589. The van der Waals surface area contributed by atoms with Gasteiger partial charge in [0.25, 0.3) is 0 Å². The summed E-state index contributed by atoms with van der Waals surface area (Å²) in [6.45, 7) is 1.42. The molecule has 0 radical (unpaired) electrons. The highest BCUT2D eigenvalue weighted by atomic mass is 16.6. The molecule has 3 nitrogen and oxygen atoms in total. The molecule has 21 heavy (non-hydrogen) atoms. The zero-order valence-corrected chi connectivity index (χ0v) is 13.6. The van der Waals surface area contributed by atoms with Crippen molar-refractivity contribution >= 4 is 5.97 Å². The van der Waals surface area contributed by atoms with Crippen molar-refractivity contribution in [1.82, 2.24) is 0 Å². The fourth-order valence-electron chi connectivity index (χ4n) is 4.16. The summed E-state index contributed by atoms with van der Waals surface area (Å²) in [7, 11) is 0. The predicted octanol–water partition coefficient (Wildman–Crippen LogP) is 4.22. The van der Waals surface area contributed by atoms with Gasteiger partial charge < -0.3 is 9.84 Å². The van der Waals surface area contributed by atoms with E-state index >= 15 is 0 Å². The molecule has 0 amide bonds. The average molecular weight is 296 g/mol. The second-order valence-corrected chi connectivity index (χ2v) is 7.18. The highest BCUT2D eigenvalue weighted by Crippen LogP contribution is 2.32. The van der Waals surface area contributed by atoms with Gasteiger partial charge in [-0.2, -0.15) is 0 Å². The number of carbonyl (C=O) groups is 1. The van der Waals surface area contributed by atoms with Gasteiger partial charge in [-0.1, -0.05) is 57.8 Å². The third-order valence-electron chi connectivity index (χ3n) is 5.38. The van der Waals surface area contributed by atoms with E-state index in [4.69, 9.17) is 4.74 Å². The Bertz CT molecular complexity index is 310. The van der Waals surface area contributed by atoms with Gasteiger partial charge in [-0.3, -0.25) is 4.79 Å². The van der Waals surface area contributed by atoms with Crippen molar-refractivity contribution < 1.29 is 14.6 Å². The fourth-order valence-corrected chi connectivity index (χ4v) is 4.16. The summed E-state index contributed by atoms with van der Waals surface area (Å²) in [5, 5.41) is 10.1. The molecule has 2 aliphatic carbocycles. The van der Waals surface area contributed by atoms with E-state index in [1.807, 2.05) is 0 Å². The van der Waals surface area contributed by atoms with E-state index in [0.717, 1.165) is 25.2 Å². The van der Waals surface area contributed by atoms with Crippen LogP contribution in [0, 0.1) is 11.8 Å². The Kier molecular flexibility index (Phi) is 7.01. The van der Waals surface area contributed by atoms with Crippen LogP contribution in [0.15, 0.2) is 0 Å². The molecule has 3 atom stereocenters. The summed E-state index contributed by atoms with van der Waals surface area (Å²) < 4.78 is 5.17. The number of esters is 1. The molecule has 122 valence electrons. The van der Waals surface area contributed by atoms with Crippen molar-refractivity contribution in [2.75, 3.05) is 0 Å². The van der Waals surface area contributed by atoms with Crippen LogP contribution in [0.5, 0.6) is 0 Å². The summed E-state index contributed by atoms with van der Waals surface area (Å²) in [4.78, 5) is 11.0. The molecule has 3 heteroatoms. The molecule has 0 aromatic rings. The van der Waals surface area contributed by atoms with Gasteiger partial charge >= 0.3 is 5.97 Å². The van der Waals surface area contributed by atoms with E-state index < -0.39 is 6.10 Å². The topological polar surface area (TPSA) is 46.5 Å². The Morgan fingerprint density at radius 2 is 1.67 bits per heavy atom. The average Bonchev–Trinajstić information content (AvgIpc) is 2.47. The summed E-state index contributed by atoms with van der Waals surface area (Å²) in [6.07, 6.45) is 14.5. The fraction of sp³-hybridized carbons (Fsp3) is 0.944. The first kappa shape index (κ1) is 16.8. The van der Waals surface area contributed by atoms with E-state index in [0.29, 0.717) is 5.92 Å². The van der Waals surface area contributed by atoms with Crippen molar-refractivity contribution in [2.24, 2.45) is 11.8 Å². The van der Waals surface area contributed by atoms with Gasteiger partial charge in [0.2, 0.25) is 0 Å². The van der Waals surface area contributed by atoms with E-state index in [1.54, 1.807) is 0 Å². The Morgan fingerprint density at radius 3 is 2.29 bits per heavy atom. The van der Waals surface area contributed by atoms with Crippen LogP contribution in [0.1, 0.15) is 84.0 Å². The number of carbonyl (C=O) groups excluding carboxylic acids is 1. The lowest BCUT2D eigenvalue weighted by atomic mass is 9.81. The summed E-state index contributed by atoms with van der Waals surface area (Å²) in [6, 6.07) is 0. The monoisotopic (exact) mass is 296 g/mol. The summed E-state index contributed by atoms with van der Waals surface area (Å²) in [5.41, 5.74) is 0. The van der Waals surface area contributed by atoms with Crippen LogP contribution in [0.3, 0.4) is 0 Å². The van der Waals surface area contributed by atoms with Crippen molar-refractivity contribution in [2.45, 2.75) is 96.2 Å². The Hall–Kier alpha value is -0.570. The molecule has 0 aliphatic heterocycles. The minimum absolute atomic E-state index is 0.263. The second-order valence-electron chi connectivity index (χ2n) is 7.18. The Morgan fingerprint density at radius 1 is 1.00 bits per heavy atom. The highest BCUT2D eigenvalue weighted by Gasteiger charge is 2.30. The first-order chi connectivity index (χ1) is 10.1. The largest absolute Gasteiger partial charge is 0.460 e. The van der Waals surface area contributed by atoms with Crippen LogP contribution in [0.2, 0.25) is 0 Å². The molecule has 2 rings (SSSR count). The third kappa shape index (κ3) is 5.98. The number of hydrogen-bond acceptors (Lipinski definition) is 3. The predicted molar refractivity (Wildman–Crippen MR) is 83.9 cm³/mol. The number of ether oxygens (including phenoxy) is 1. The lowest BCUT2D eigenvalue weighted by molar-refractivity contribution is -0.156. The molecule has 2 saturated carbocycles. The number of hydrogen-bond donors (Lipinski definition) is 1. The highest BCUT2D eigenvalue weighted by molar-refractivity contribution is 5.66. The van der Waals surface area contributed by atoms with Gasteiger partial charge in [-0.05, 0) is 31.1 Å². The molecule has 0 saturated heterocycles. The van der Waals surface area contributed by atoms with Crippen LogP contribution in [0.4, 0.5) is 0 Å². The number of aliphatic hydroxyl groups excluding tert-OH is 1. The minimum atomic E-state index is -0.453. The van der Waals surface area contributed by atoms with E-state index in [-0.39, 0.29) is 12.1 Å². The summed E-state index contributed by atoms with van der Waals surface area (Å²) in [5.74, 6) is 1.34. The molecule has 0 spiro atoms. The molecule has 0 aromatic heterocycles. The smallest absolute Gasteiger partial charge is 0.302 e. The van der Waals surface area contributed by atoms with Crippen molar-refractivity contribution in [1.29, 1.82) is 0 Å². The maximum absolute atomic E-state index is 11.0. The lowest BCUT2D eigenvalue weighted by Crippen LogP contribution is -2.36. The maximum Gasteiger partial charge on any atom is 0.302 e. The van der Waals surface area contributed by atoms with Gasteiger partial charge in [-0.25, -0.2) is 0 Å². The van der Waals surface area contributed by atoms with Gasteiger partial charge in [0.1, 0.15) is 6.10 Å². The van der Waals surface area contributed by atoms with Crippen LogP contribution in [0.25, 0.3) is 0 Å². The molecule has 2 aliphatic rings. The van der Waals surface area contributed by atoms with Crippen LogP contribution < -0.4 is 0 Å². The molecule has 0 aromatic carbocycles. The standard InChI is InChI=1S/C18H32O3/c1-14(19)21-18-12-11-16(13-17(18)20)10-6-5-9-15-7-3-2-4-8-15/h15-18,20H,2-13H2,1H3. The second kappa shape index (κ2) is 8.77. The number of unbranched alkanes of at least 4 members (excludes halogenated alkanes) is 1. The normalized spacial score (nSPS) is 31.0. The van der Waals surface area contributed by atoms with Gasteiger partial charge in [0.15, 0.2) is 0 Å². The van der Waals surface area contributed by atoms with E-state index in [1.165, 1.54) is 64.7 Å². The van der Waals surface area contributed by atoms with Gasteiger partial charge in [0.05, 0.1) is 6.10 Å². The zero-order valence-electron chi connectivity index (χ0n) is 13.6. The minimum Gasteiger partial charge on any atom is -0.460 e. The molecular formula is C18H32O3. The molecule has 0 bridgehead atoms. The SMILES string of the molecule is CC(=O)OC1CCC(CCCCC2CCCCC2)CC1O. The van der Waals surface area contributed by atoms with Crippen LogP contribution in [-0.2, 0) is 9.53 Å². The first-order valence-corrected chi connectivity index (χ1v) is 9.00. The third-order valence-corrected chi connectivity index (χ3v) is 5.38. The van der Waals surface area contributed by atoms with Gasteiger partial charge in [-0.15, -0.1) is 0 Å². The summed E-state index contributed by atoms with van der Waals surface area (Å²) >= 11 is 0. The Labute approximate surface area is 129 Å². The number of aliphatic hydroxyl groups is 1. The first-order valence-electron chi connectivity index (χ1n) is 9.00. The van der Waals surface area contributed by atoms with Gasteiger partial charge in [0, 0.05) is 6.92 Å². The van der Waals surface area contributed by atoms with E-state index in [2.05, 4.69) is 0 Å². The van der Waals surface area contributed by atoms with Crippen molar-refractivity contribution in [3.05, 3.63) is 0 Å². The van der Waals surface area contributed by atoms with E-state index in [9.17, 15) is 9.90 Å². The lowest BCUT2D eigenvalue weighted by Gasteiger charge is -2.32. The zero-order chi connectivity index (χ0) is 15.1. The molecule has 1 N–H and O–H groups in total. The molecule has 3 unspecified atom stereocenters. The van der Waals surface area contributed by atoms with Crippen LogP contribution >= 0.6 is 0 Å². The number of rotatable bonds is 6. The molecule has 2 fully saturated rings. The van der Waals surface area contributed by atoms with Crippen LogP contribution in [-0.4, -0.2) is 23.3 Å².